The largest absolute Gasteiger partial charge is 0.458 e. The van der Waals surface area contributed by atoms with Crippen LogP contribution in [0.3, 0.4) is 0 Å². The van der Waals surface area contributed by atoms with E-state index in [1.54, 1.807) is 0 Å². The molecule has 0 amide bonds. The number of furan rings is 1. The molecule has 0 spiro atoms. The molecular weight excluding hydrogens is 202 g/mol. The second kappa shape index (κ2) is 3.47. The van der Waals surface area contributed by atoms with Crippen LogP contribution in [0.25, 0.3) is 11.6 Å². The number of nitrogens with zero attached hydrogens (tertiary/aromatic N) is 3. The number of hydrogen-bond donors (Lipinski definition) is 0. The number of aromatic nitrogens is 3. The molecule has 0 aliphatic carbocycles. The highest BCUT2D eigenvalue weighted by Crippen LogP contribution is 2.26. The minimum absolute atomic E-state index is 0.459. The zero-order chi connectivity index (χ0) is 11.1. The van der Waals surface area contributed by atoms with Crippen molar-refractivity contribution in [2.45, 2.75) is 39.2 Å². The summed E-state index contributed by atoms with van der Waals surface area (Å²) in [6.07, 6.45) is 3.42. The van der Waals surface area contributed by atoms with Crippen molar-refractivity contribution >= 4 is 0 Å². The van der Waals surface area contributed by atoms with Gasteiger partial charge in [0.25, 0.3) is 0 Å². The molecule has 1 unspecified atom stereocenters. The van der Waals surface area contributed by atoms with Crippen LogP contribution < -0.4 is 0 Å². The van der Waals surface area contributed by atoms with Gasteiger partial charge in [0.05, 0.1) is 6.04 Å². The van der Waals surface area contributed by atoms with Gasteiger partial charge in [-0.05, 0) is 38.8 Å². The molecule has 16 heavy (non-hydrogen) atoms. The van der Waals surface area contributed by atoms with Gasteiger partial charge in [0.2, 0.25) is 5.82 Å². The number of rotatable bonds is 1. The lowest BCUT2D eigenvalue weighted by Gasteiger charge is -2.18. The van der Waals surface area contributed by atoms with E-state index in [0.29, 0.717) is 6.04 Å². The lowest BCUT2D eigenvalue weighted by Crippen LogP contribution is -2.16. The Balaban J connectivity index is 2.04. The van der Waals surface area contributed by atoms with Crippen LogP contribution in [0.1, 0.15) is 37.4 Å². The molecule has 0 fully saturated rings. The van der Waals surface area contributed by atoms with E-state index in [4.69, 9.17) is 4.42 Å². The maximum atomic E-state index is 5.54. The van der Waals surface area contributed by atoms with E-state index >= 15 is 0 Å². The first kappa shape index (κ1) is 9.63. The topological polar surface area (TPSA) is 43.9 Å². The van der Waals surface area contributed by atoms with Crippen LogP contribution in [0.15, 0.2) is 16.5 Å². The van der Waals surface area contributed by atoms with Crippen LogP contribution in [0.5, 0.6) is 0 Å². The minimum atomic E-state index is 0.459. The number of fused-ring (bicyclic) bond motifs is 1. The van der Waals surface area contributed by atoms with E-state index in [2.05, 4.69) is 17.0 Å². The van der Waals surface area contributed by atoms with Crippen LogP contribution in [0.4, 0.5) is 0 Å². The number of hydrogen-bond acceptors (Lipinski definition) is 3. The number of aryl methyl sites for hydroxylation is 2. The zero-order valence-electron chi connectivity index (χ0n) is 9.60. The Bertz CT molecular complexity index is 512. The van der Waals surface area contributed by atoms with Crippen LogP contribution in [0, 0.1) is 6.92 Å². The predicted molar refractivity (Wildman–Crippen MR) is 60.1 cm³/mol. The average molecular weight is 217 g/mol. The zero-order valence-corrected chi connectivity index (χ0v) is 9.60. The van der Waals surface area contributed by atoms with Gasteiger partial charge in [-0.2, -0.15) is 0 Å². The van der Waals surface area contributed by atoms with Gasteiger partial charge in [-0.15, -0.1) is 5.10 Å². The first-order valence-electron chi connectivity index (χ1n) is 5.76. The Morgan fingerprint density at radius 3 is 3.00 bits per heavy atom. The molecule has 3 heterocycles. The third-order valence-electron chi connectivity index (χ3n) is 3.10. The van der Waals surface area contributed by atoms with E-state index in [9.17, 15) is 0 Å². The first-order chi connectivity index (χ1) is 7.74. The summed E-state index contributed by atoms with van der Waals surface area (Å²) in [7, 11) is 0. The van der Waals surface area contributed by atoms with Crippen molar-refractivity contribution in [2.75, 3.05) is 0 Å². The molecule has 2 aromatic rings. The molecular formula is C12H15N3O. The summed E-state index contributed by atoms with van der Waals surface area (Å²) in [5.74, 6) is 3.47. The van der Waals surface area contributed by atoms with Crippen LogP contribution in [0.2, 0.25) is 0 Å². The van der Waals surface area contributed by atoms with Gasteiger partial charge in [0, 0.05) is 6.42 Å². The Morgan fingerprint density at radius 1 is 1.44 bits per heavy atom. The highest BCUT2D eigenvalue weighted by atomic mass is 16.3. The van der Waals surface area contributed by atoms with Crippen molar-refractivity contribution < 1.29 is 4.42 Å². The van der Waals surface area contributed by atoms with E-state index in [0.717, 1.165) is 29.6 Å². The second-order valence-corrected chi connectivity index (χ2v) is 4.45. The smallest absolute Gasteiger partial charge is 0.217 e. The van der Waals surface area contributed by atoms with Gasteiger partial charge in [-0.1, -0.05) is 0 Å². The Kier molecular flexibility index (Phi) is 2.09. The predicted octanol–water partition coefficient (Wildman–Crippen LogP) is 2.74. The van der Waals surface area contributed by atoms with Crippen LogP contribution in [-0.4, -0.2) is 14.8 Å². The molecule has 1 aliphatic rings. The molecule has 4 nitrogen and oxygen atoms in total. The summed E-state index contributed by atoms with van der Waals surface area (Å²) in [4.78, 5) is 4.54. The van der Waals surface area contributed by atoms with Crippen molar-refractivity contribution in [2.24, 2.45) is 0 Å². The first-order valence-corrected chi connectivity index (χ1v) is 5.76. The molecule has 0 aromatic carbocycles. The maximum Gasteiger partial charge on any atom is 0.217 e. The van der Waals surface area contributed by atoms with E-state index in [-0.39, 0.29) is 0 Å². The second-order valence-electron chi connectivity index (χ2n) is 4.45. The van der Waals surface area contributed by atoms with Gasteiger partial charge >= 0.3 is 0 Å². The van der Waals surface area contributed by atoms with Crippen molar-refractivity contribution in [3.8, 4) is 11.6 Å². The summed E-state index contributed by atoms with van der Waals surface area (Å²) in [5.41, 5.74) is 0. The highest BCUT2D eigenvalue weighted by Gasteiger charge is 2.21. The third-order valence-corrected chi connectivity index (χ3v) is 3.10. The van der Waals surface area contributed by atoms with Crippen LogP contribution in [-0.2, 0) is 6.42 Å². The van der Waals surface area contributed by atoms with E-state index < -0.39 is 0 Å². The quantitative estimate of drug-likeness (QED) is 0.737. The molecule has 0 saturated heterocycles. The third kappa shape index (κ3) is 1.45. The fourth-order valence-corrected chi connectivity index (χ4v) is 2.22. The monoisotopic (exact) mass is 217 g/mol. The molecule has 4 heteroatoms. The van der Waals surface area contributed by atoms with Crippen LogP contribution >= 0.6 is 0 Å². The average Bonchev–Trinajstić information content (AvgIpc) is 2.84. The SMILES string of the molecule is Cc1ccc(-c2nc3n(n2)C(C)CCC3)o1. The molecule has 1 atom stereocenters. The summed E-state index contributed by atoms with van der Waals surface area (Å²) < 4.78 is 7.58. The van der Waals surface area contributed by atoms with E-state index in [1.807, 2.05) is 23.7 Å². The minimum Gasteiger partial charge on any atom is -0.458 e. The standard InChI is InChI=1S/C12H15N3O/c1-8-4-3-5-11-13-12(14-15(8)11)10-7-6-9(2)16-10/h6-8H,3-5H2,1-2H3. The lowest BCUT2D eigenvalue weighted by molar-refractivity contribution is 0.388. The summed E-state index contributed by atoms with van der Waals surface area (Å²) in [6.45, 7) is 4.12. The molecule has 0 bridgehead atoms. The molecule has 2 aromatic heterocycles. The maximum absolute atomic E-state index is 5.54. The van der Waals surface area contributed by atoms with Crippen molar-refractivity contribution in [3.63, 3.8) is 0 Å². The molecule has 3 rings (SSSR count). The Hall–Kier alpha value is -1.58. The lowest BCUT2D eigenvalue weighted by atomic mass is 10.1. The normalized spacial score (nSPS) is 19.8. The molecule has 0 radical (unpaired) electrons. The van der Waals surface area contributed by atoms with Gasteiger partial charge in [0.15, 0.2) is 5.76 Å². The van der Waals surface area contributed by atoms with E-state index in [1.165, 1.54) is 12.8 Å². The molecule has 84 valence electrons. The van der Waals surface area contributed by atoms with Gasteiger partial charge in [-0.3, -0.25) is 0 Å². The fourth-order valence-electron chi connectivity index (χ4n) is 2.22. The van der Waals surface area contributed by atoms with Gasteiger partial charge in [-0.25, -0.2) is 9.67 Å². The Labute approximate surface area is 94.3 Å². The molecule has 0 N–H and O–H groups in total. The summed E-state index contributed by atoms with van der Waals surface area (Å²) in [5, 5.41) is 4.53. The summed E-state index contributed by atoms with van der Waals surface area (Å²) >= 11 is 0. The van der Waals surface area contributed by atoms with Gasteiger partial charge in [0.1, 0.15) is 11.6 Å². The fraction of sp³-hybridized carbons (Fsp3) is 0.500. The highest BCUT2D eigenvalue weighted by molar-refractivity contribution is 5.46. The Morgan fingerprint density at radius 2 is 2.31 bits per heavy atom. The molecule has 0 saturated carbocycles. The van der Waals surface area contributed by atoms with Crippen molar-refractivity contribution in [1.82, 2.24) is 14.8 Å². The van der Waals surface area contributed by atoms with Crippen molar-refractivity contribution in [3.05, 3.63) is 23.7 Å². The summed E-state index contributed by atoms with van der Waals surface area (Å²) in [6, 6.07) is 4.33. The van der Waals surface area contributed by atoms with Crippen molar-refractivity contribution in [1.29, 1.82) is 0 Å². The molecule has 1 aliphatic heterocycles. The van der Waals surface area contributed by atoms with Gasteiger partial charge < -0.3 is 4.42 Å².